The molecule has 0 saturated carbocycles. The Morgan fingerprint density at radius 2 is 1.82 bits per heavy atom. The molecule has 40 heavy (non-hydrogen) atoms. The van der Waals surface area contributed by atoms with Crippen LogP contribution in [0.25, 0.3) is 10.9 Å². The number of carbonyl (C=O) groups is 2. The molecule has 5 rings (SSSR count). The van der Waals surface area contributed by atoms with E-state index in [1.807, 2.05) is 27.7 Å². The number of hydrogen-bond acceptors (Lipinski definition) is 5. The largest absolute Gasteiger partial charge is 0.457 e. The summed E-state index contributed by atoms with van der Waals surface area (Å²) in [6.45, 7) is 7.61. The Labute approximate surface area is 228 Å². The maximum absolute atomic E-state index is 13.0. The van der Waals surface area contributed by atoms with E-state index >= 15 is 0 Å². The van der Waals surface area contributed by atoms with Crippen LogP contribution in [0.5, 0.6) is 11.5 Å². The number of hydrogen-bond donors (Lipinski definition) is 1. The van der Waals surface area contributed by atoms with E-state index in [0.29, 0.717) is 34.6 Å². The molecule has 0 saturated heterocycles. The van der Waals surface area contributed by atoms with Gasteiger partial charge in [-0.15, -0.1) is 0 Å². The normalized spacial score (nSPS) is 15.2. The van der Waals surface area contributed by atoms with Crippen LogP contribution < -0.4 is 10.1 Å². The van der Waals surface area contributed by atoms with Crippen LogP contribution in [0.4, 0.5) is 28.4 Å². The summed E-state index contributed by atoms with van der Waals surface area (Å²) in [4.78, 5) is 31.6. The van der Waals surface area contributed by atoms with Crippen molar-refractivity contribution in [1.82, 2.24) is 14.5 Å². The van der Waals surface area contributed by atoms with Crippen LogP contribution in [-0.4, -0.2) is 32.2 Å². The van der Waals surface area contributed by atoms with Crippen LogP contribution in [0, 0.1) is 0 Å². The molecule has 1 aliphatic rings. The highest BCUT2D eigenvalue weighted by atomic mass is 19.4. The third-order valence-electron chi connectivity index (χ3n) is 6.42. The van der Waals surface area contributed by atoms with Gasteiger partial charge < -0.3 is 14.8 Å². The van der Waals surface area contributed by atoms with Crippen molar-refractivity contribution in [2.45, 2.75) is 52.1 Å². The van der Waals surface area contributed by atoms with Gasteiger partial charge in [0.25, 0.3) is 0 Å². The standard InChI is InChI=1S/C29H27F3N4O4/c1-17-25-22(16-36(17)27(38)40-28(2,3)4)33-12-10-24(25)39-21-8-9-23-18(14-21)11-13-35(23)26(37)34-20-7-5-6-19(15-20)29(30,31)32/h5-15,17H,16H2,1-4H3,(H,34,37). The van der Waals surface area contributed by atoms with E-state index < -0.39 is 29.5 Å². The number of halogens is 3. The Morgan fingerprint density at radius 1 is 1.05 bits per heavy atom. The topological polar surface area (TPSA) is 85.7 Å². The van der Waals surface area contributed by atoms with E-state index in [9.17, 15) is 22.8 Å². The number of nitrogens with zero attached hydrogens (tertiary/aromatic N) is 3. The minimum Gasteiger partial charge on any atom is -0.457 e. The van der Waals surface area contributed by atoms with Crippen molar-refractivity contribution in [3.63, 3.8) is 0 Å². The summed E-state index contributed by atoms with van der Waals surface area (Å²) in [6, 6.07) is 12.1. The molecule has 208 valence electrons. The summed E-state index contributed by atoms with van der Waals surface area (Å²) < 4.78 is 52.2. The lowest BCUT2D eigenvalue weighted by Gasteiger charge is -2.27. The van der Waals surface area contributed by atoms with Gasteiger partial charge in [0.1, 0.15) is 17.1 Å². The number of fused-ring (bicyclic) bond motifs is 2. The number of rotatable bonds is 3. The number of nitrogens with one attached hydrogen (secondary N) is 1. The van der Waals surface area contributed by atoms with Crippen LogP contribution in [0.1, 0.15) is 50.6 Å². The van der Waals surface area contributed by atoms with Gasteiger partial charge in [0.15, 0.2) is 0 Å². The molecule has 0 fully saturated rings. The van der Waals surface area contributed by atoms with Gasteiger partial charge in [-0.1, -0.05) is 6.07 Å². The van der Waals surface area contributed by atoms with E-state index in [2.05, 4.69) is 10.3 Å². The number of aromatic nitrogens is 2. The highest BCUT2D eigenvalue weighted by Crippen LogP contribution is 2.41. The van der Waals surface area contributed by atoms with Gasteiger partial charge in [0, 0.05) is 29.0 Å². The highest BCUT2D eigenvalue weighted by Gasteiger charge is 2.36. The van der Waals surface area contributed by atoms with Gasteiger partial charge >= 0.3 is 18.3 Å². The zero-order valence-electron chi connectivity index (χ0n) is 22.2. The quantitative estimate of drug-likeness (QED) is 0.281. The number of alkyl halides is 3. The molecule has 4 aromatic rings. The highest BCUT2D eigenvalue weighted by molar-refractivity contribution is 5.98. The fourth-order valence-corrected chi connectivity index (χ4v) is 4.60. The number of anilines is 1. The molecule has 1 atom stereocenters. The lowest BCUT2D eigenvalue weighted by Crippen LogP contribution is -2.35. The molecule has 2 aromatic heterocycles. The second-order valence-electron chi connectivity index (χ2n) is 10.5. The van der Waals surface area contributed by atoms with Crippen LogP contribution >= 0.6 is 0 Å². The lowest BCUT2D eigenvalue weighted by molar-refractivity contribution is -0.137. The van der Waals surface area contributed by atoms with E-state index in [0.717, 1.165) is 17.7 Å². The molecule has 3 heterocycles. The number of amides is 2. The Bertz CT molecular complexity index is 1610. The first-order valence-electron chi connectivity index (χ1n) is 12.5. The first-order chi connectivity index (χ1) is 18.8. The molecule has 0 bridgehead atoms. The van der Waals surface area contributed by atoms with E-state index in [-0.39, 0.29) is 11.7 Å². The van der Waals surface area contributed by atoms with Crippen LogP contribution in [0.3, 0.4) is 0 Å². The molecular weight excluding hydrogens is 525 g/mol. The van der Waals surface area contributed by atoms with Crippen molar-refractivity contribution in [2.75, 3.05) is 5.32 Å². The number of ether oxygens (including phenoxy) is 2. The van der Waals surface area contributed by atoms with E-state index in [1.165, 1.54) is 22.9 Å². The van der Waals surface area contributed by atoms with Crippen molar-refractivity contribution in [1.29, 1.82) is 0 Å². The molecule has 11 heteroatoms. The SMILES string of the molecule is CC1c2c(Oc3ccc4c(ccn4C(=O)Nc4cccc(C(F)(F)F)c4)c3)ccnc2CN1C(=O)OC(C)(C)C. The number of benzene rings is 2. The molecule has 2 aromatic carbocycles. The van der Waals surface area contributed by atoms with Crippen molar-refractivity contribution in [2.24, 2.45) is 0 Å². The third kappa shape index (κ3) is 5.45. The maximum Gasteiger partial charge on any atom is 0.416 e. The summed E-state index contributed by atoms with van der Waals surface area (Å²) in [5.41, 5.74) is 0.592. The second kappa shape index (κ2) is 9.89. The summed E-state index contributed by atoms with van der Waals surface area (Å²) in [5, 5.41) is 3.19. The smallest absolute Gasteiger partial charge is 0.416 e. The molecule has 0 aliphatic carbocycles. The minimum atomic E-state index is -4.52. The second-order valence-corrected chi connectivity index (χ2v) is 10.5. The predicted molar refractivity (Wildman–Crippen MR) is 142 cm³/mol. The first-order valence-corrected chi connectivity index (χ1v) is 12.5. The lowest BCUT2D eigenvalue weighted by atomic mass is 10.1. The Balaban J connectivity index is 1.35. The first kappa shape index (κ1) is 27.0. The average molecular weight is 553 g/mol. The summed E-state index contributed by atoms with van der Waals surface area (Å²) in [6.07, 6.45) is -1.80. The van der Waals surface area contributed by atoms with Gasteiger partial charge in [-0.2, -0.15) is 13.2 Å². The van der Waals surface area contributed by atoms with E-state index in [1.54, 1.807) is 41.4 Å². The molecule has 1 N–H and O–H groups in total. The zero-order valence-corrected chi connectivity index (χ0v) is 22.2. The Hall–Kier alpha value is -4.54. The fraction of sp³-hybridized carbons (Fsp3) is 0.276. The van der Waals surface area contributed by atoms with E-state index in [4.69, 9.17) is 9.47 Å². The number of pyridine rings is 1. The summed E-state index contributed by atoms with van der Waals surface area (Å²) >= 11 is 0. The zero-order chi connectivity index (χ0) is 28.8. The Morgan fingerprint density at radius 3 is 2.55 bits per heavy atom. The molecule has 2 amide bonds. The molecular formula is C29H27F3N4O4. The van der Waals surface area contributed by atoms with Crippen LogP contribution in [-0.2, 0) is 17.5 Å². The number of carbonyl (C=O) groups excluding carboxylic acids is 2. The maximum atomic E-state index is 13.0. The molecule has 8 nitrogen and oxygen atoms in total. The van der Waals surface area contributed by atoms with Gasteiger partial charge in [0.05, 0.1) is 29.4 Å². The summed E-state index contributed by atoms with van der Waals surface area (Å²) in [7, 11) is 0. The molecule has 0 radical (unpaired) electrons. The predicted octanol–water partition coefficient (Wildman–Crippen LogP) is 7.74. The molecule has 1 unspecified atom stereocenters. The van der Waals surface area contributed by atoms with Gasteiger partial charge in [-0.25, -0.2) is 9.59 Å². The summed E-state index contributed by atoms with van der Waals surface area (Å²) in [5.74, 6) is 1.05. The molecule has 1 aliphatic heterocycles. The average Bonchev–Trinajstić information content (AvgIpc) is 3.44. The van der Waals surface area contributed by atoms with Crippen molar-refractivity contribution in [3.8, 4) is 11.5 Å². The van der Waals surface area contributed by atoms with Crippen LogP contribution in [0.15, 0.2) is 67.0 Å². The fourth-order valence-electron chi connectivity index (χ4n) is 4.60. The molecule has 0 spiro atoms. The van der Waals surface area contributed by atoms with Gasteiger partial charge in [0.2, 0.25) is 0 Å². The van der Waals surface area contributed by atoms with Crippen molar-refractivity contribution in [3.05, 3.63) is 83.8 Å². The minimum absolute atomic E-state index is 0.0303. The van der Waals surface area contributed by atoms with Gasteiger partial charge in [-0.3, -0.25) is 14.5 Å². The third-order valence-corrected chi connectivity index (χ3v) is 6.42. The van der Waals surface area contributed by atoms with Gasteiger partial charge in [-0.05, 0) is 76.2 Å². The Kier molecular flexibility index (Phi) is 6.69. The monoisotopic (exact) mass is 552 g/mol. The van der Waals surface area contributed by atoms with Crippen molar-refractivity contribution < 1.29 is 32.2 Å². The van der Waals surface area contributed by atoms with Crippen LogP contribution in [0.2, 0.25) is 0 Å². The van der Waals surface area contributed by atoms with Crippen molar-refractivity contribution >= 4 is 28.7 Å².